The third-order valence-electron chi connectivity index (χ3n) is 5.43. The fraction of sp³-hybridized carbons (Fsp3) is 0.167. The number of carbonyl (C=O) groups excluding carboxylic acids is 1. The van der Waals surface area contributed by atoms with Crippen LogP contribution in [0, 0.1) is 12.7 Å². The second-order valence-corrected chi connectivity index (χ2v) is 9.66. The van der Waals surface area contributed by atoms with E-state index < -0.39 is 0 Å². The minimum absolute atomic E-state index is 0.0654. The zero-order valence-corrected chi connectivity index (χ0v) is 18.9. The van der Waals surface area contributed by atoms with Crippen LogP contribution < -0.4 is 0 Å². The summed E-state index contributed by atoms with van der Waals surface area (Å²) in [6.07, 6.45) is 1.95. The maximum absolute atomic E-state index is 13.8. The molecular formula is C24H20FN3O2S2. The van der Waals surface area contributed by atoms with Crippen molar-refractivity contribution in [2.24, 2.45) is 0 Å². The van der Waals surface area contributed by atoms with Gasteiger partial charge in [-0.2, -0.15) is 5.10 Å². The number of hydrogen-bond donors (Lipinski definition) is 1. The zero-order valence-electron chi connectivity index (χ0n) is 17.2. The number of nitrogens with zero attached hydrogens (tertiary/aromatic N) is 3. The summed E-state index contributed by atoms with van der Waals surface area (Å²) in [5.41, 5.74) is 4.04. The Balaban J connectivity index is 1.56. The molecule has 3 heterocycles. The number of halogens is 1. The Morgan fingerprint density at radius 3 is 2.72 bits per heavy atom. The largest absolute Gasteiger partial charge is 0.508 e. The van der Waals surface area contributed by atoms with Crippen LogP contribution in [0.5, 0.6) is 5.75 Å². The Morgan fingerprint density at radius 2 is 2.00 bits per heavy atom. The lowest BCUT2D eigenvalue weighted by Crippen LogP contribution is -2.27. The molecule has 0 radical (unpaired) electrons. The number of phenols is 1. The SMILES string of the molecule is Cc1cc(-n2cc([C@H]3SCC(=O)N3Cc3ccc(O)cc3)c(-c3cccs3)n2)ccc1F. The fourth-order valence-electron chi connectivity index (χ4n) is 3.76. The highest BCUT2D eigenvalue weighted by molar-refractivity contribution is 8.00. The quantitative estimate of drug-likeness (QED) is 0.421. The van der Waals surface area contributed by atoms with Crippen LogP contribution in [0.2, 0.25) is 0 Å². The highest BCUT2D eigenvalue weighted by Crippen LogP contribution is 2.44. The number of benzene rings is 2. The molecule has 1 aliphatic rings. The third-order valence-corrected chi connectivity index (χ3v) is 7.54. The molecule has 32 heavy (non-hydrogen) atoms. The van der Waals surface area contributed by atoms with Gasteiger partial charge in [0.25, 0.3) is 0 Å². The van der Waals surface area contributed by atoms with Gasteiger partial charge in [0.15, 0.2) is 0 Å². The van der Waals surface area contributed by atoms with Gasteiger partial charge in [0, 0.05) is 18.3 Å². The molecule has 8 heteroatoms. The van der Waals surface area contributed by atoms with Crippen LogP contribution in [-0.4, -0.2) is 31.4 Å². The smallest absolute Gasteiger partial charge is 0.234 e. The van der Waals surface area contributed by atoms with Crippen LogP contribution in [0.25, 0.3) is 16.3 Å². The van der Waals surface area contributed by atoms with Crippen LogP contribution in [0.15, 0.2) is 66.2 Å². The molecule has 1 atom stereocenters. The molecule has 0 spiro atoms. The lowest BCUT2D eigenvalue weighted by atomic mass is 10.1. The molecule has 1 amide bonds. The van der Waals surface area contributed by atoms with Gasteiger partial charge in [-0.05, 0) is 59.8 Å². The first-order valence-corrected chi connectivity index (χ1v) is 12.0. The Bertz CT molecular complexity index is 1270. The number of rotatable bonds is 5. The van der Waals surface area contributed by atoms with Crippen LogP contribution >= 0.6 is 23.1 Å². The van der Waals surface area contributed by atoms with Crippen molar-refractivity contribution in [1.82, 2.24) is 14.7 Å². The predicted octanol–water partition coefficient (Wildman–Crippen LogP) is 5.53. The van der Waals surface area contributed by atoms with Crippen molar-refractivity contribution in [1.29, 1.82) is 0 Å². The zero-order chi connectivity index (χ0) is 22.2. The third kappa shape index (κ3) is 3.91. The molecule has 0 bridgehead atoms. The lowest BCUT2D eigenvalue weighted by molar-refractivity contribution is -0.128. The van der Waals surface area contributed by atoms with Gasteiger partial charge < -0.3 is 10.0 Å². The van der Waals surface area contributed by atoms with E-state index in [-0.39, 0.29) is 22.8 Å². The molecule has 1 fully saturated rings. The number of aromatic nitrogens is 2. The van der Waals surface area contributed by atoms with Crippen molar-refractivity contribution in [3.63, 3.8) is 0 Å². The summed E-state index contributed by atoms with van der Waals surface area (Å²) in [6.45, 7) is 2.18. The first-order valence-electron chi connectivity index (χ1n) is 10.1. The number of thioether (sulfide) groups is 1. The summed E-state index contributed by atoms with van der Waals surface area (Å²) in [5, 5.41) is 16.2. The van der Waals surface area contributed by atoms with Gasteiger partial charge in [-0.15, -0.1) is 23.1 Å². The minimum Gasteiger partial charge on any atom is -0.508 e. The number of aromatic hydroxyl groups is 1. The van der Waals surface area contributed by atoms with E-state index in [1.54, 1.807) is 59.0 Å². The summed E-state index contributed by atoms with van der Waals surface area (Å²) in [7, 11) is 0. The normalized spacial score (nSPS) is 16.1. The van der Waals surface area contributed by atoms with E-state index in [2.05, 4.69) is 0 Å². The number of amides is 1. The van der Waals surface area contributed by atoms with Crippen molar-refractivity contribution < 1.29 is 14.3 Å². The van der Waals surface area contributed by atoms with E-state index in [0.29, 0.717) is 17.9 Å². The van der Waals surface area contributed by atoms with Crippen molar-refractivity contribution in [3.8, 4) is 22.0 Å². The summed E-state index contributed by atoms with van der Waals surface area (Å²) in [4.78, 5) is 15.6. The molecule has 0 aliphatic carbocycles. The van der Waals surface area contributed by atoms with Gasteiger partial charge in [0.05, 0.1) is 16.3 Å². The van der Waals surface area contributed by atoms with Gasteiger partial charge in [0.1, 0.15) is 22.6 Å². The monoisotopic (exact) mass is 465 g/mol. The highest BCUT2D eigenvalue weighted by atomic mass is 32.2. The van der Waals surface area contributed by atoms with E-state index in [4.69, 9.17) is 5.10 Å². The summed E-state index contributed by atoms with van der Waals surface area (Å²) in [6, 6.07) is 15.8. The molecule has 0 unspecified atom stereocenters. The number of thiophene rings is 1. The molecule has 5 rings (SSSR count). The highest BCUT2D eigenvalue weighted by Gasteiger charge is 2.36. The van der Waals surface area contributed by atoms with Gasteiger partial charge in [-0.1, -0.05) is 18.2 Å². The molecule has 5 nitrogen and oxygen atoms in total. The number of aryl methyl sites for hydroxylation is 1. The first-order chi connectivity index (χ1) is 15.5. The molecule has 162 valence electrons. The molecule has 4 aromatic rings. The summed E-state index contributed by atoms with van der Waals surface area (Å²) >= 11 is 3.17. The Morgan fingerprint density at radius 1 is 1.19 bits per heavy atom. The van der Waals surface area contributed by atoms with Crippen molar-refractivity contribution >= 4 is 29.0 Å². The Hall–Kier alpha value is -3.10. The van der Waals surface area contributed by atoms with E-state index in [9.17, 15) is 14.3 Å². The number of hydrogen-bond acceptors (Lipinski definition) is 5. The van der Waals surface area contributed by atoms with Crippen LogP contribution in [0.3, 0.4) is 0 Å². The van der Waals surface area contributed by atoms with Gasteiger partial charge >= 0.3 is 0 Å². The lowest BCUT2D eigenvalue weighted by Gasteiger charge is -2.24. The van der Waals surface area contributed by atoms with E-state index in [1.807, 2.05) is 40.7 Å². The molecule has 0 saturated carbocycles. The topological polar surface area (TPSA) is 58.4 Å². The molecule has 1 saturated heterocycles. The molecule has 1 N–H and O–H groups in total. The summed E-state index contributed by atoms with van der Waals surface area (Å²) < 4.78 is 15.6. The summed E-state index contributed by atoms with van der Waals surface area (Å²) in [5.74, 6) is 0.406. The minimum atomic E-state index is -0.253. The van der Waals surface area contributed by atoms with Crippen molar-refractivity contribution in [2.45, 2.75) is 18.8 Å². The van der Waals surface area contributed by atoms with Gasteiger partial charge in [0.2, 0.25) is 5.91 Å². The number of carbonyl (C=O) groups is 1. The molecule has 2 aromatic carbocycles. The average molecular weight is 466 g/mol. The number of phenolic OH excluding ortho intramolecular Hbond substituents is 1. The van der Waals surface area contributed by atoms with E-state index in [0.717, 1.165) is 27.4 Å². The van der Waals surface area contributed by atoms with Crippen LogP contribution in [0.4, 0.5) is 4.39 Å². The van der Waals surface area contributed by atoms with Crippen LogP contribution in [0.1, 0.15) is 22.1 Å². The Kier molecular flexibility index (Phi) is 5.48. The second-order valence-electron chi connectivity index (χ2n) is 7.64. The van der Waals surface area contributed by atoms with Gasteiger partial charge in [-0.25, -0.2) is 9.07 Å². The fourth-order valence-corrected chi connectivity index (χ4v) is 5.68. The van der Waals surface area contributed by atoms with Crippen LogP contribution in [-0.2, 0) is 11.3 Å². The molecule has 2 aromatic heterocycles. The average Bonchev–Trinajstić information content (AvgIpc) is 3.52. The standard InChI is InChI=1S/C24H20FN3O2S2/c1-15-11-17(6-9-20(15)25)28-13-19(23(26-28)21-3-2-10-31-21)24-27(22(30)14-32-24)12-16-4-7-18(29)8-5-16/h2-11,13,24,29H,12,14H2,1H3/t24-/m1/s1. The maximum atomic E-state index is 13.8. The Labute approximate surface area is 193 Å². The molecular weight excluding hydrogens is 445 g/mol. The second kappa shape index (κ2) is 8.44. The maximum Gasteiger partial charge on any atom is 0.234 e. The van der Waals surface area contributed by atoms with E-state index >= 15 is 0 Å². The van der Waals surface area contributed by atoms with Crippen molar-refractivity contribution in [3.05, 3.63) is 88.7 Å². The predicted molar refractivity (Wildman–Crippen MR) is 125 cm³/mol. The van der Waals surface area contributed by atoms with E-state index in [1.165, 1.54) is 6.07 Å². The molecule has 1 aliphatic heterocycles. The van der Waals surface area contributed by atoms with Crippen molar-refractivity contribution in [2.75, 3.05) is 5.75 Å². The first kappa shape index (κ1) is 20.8. The van der Waals surface area contributed by atoms with Gasteiger partial charge in [-0.3, -0.25) is 4.79 Å².